The Morgan fingerprint density at radius 2 is 2.14 bits per heavy atom. The summed E-state index contributed by atoms with van der Waals surface area (Å²) in [5, 5.41) is 9.08. The van der Waals surface area contributed by atoms with Gasteiger partial charge >= 0.3 is 0 Å². The molecule has 1 saturated heterocycles. The number of likely N-dealkylation sites (tertiary alicyclic amines) is 1. The van der Waals surface area contributed by atoms with Crippen LogP contribution >= 0.6 is 0 Å². The average molecular weight is 200 g/mol. The van der Waals surface area contributed by atoms with Gasteiger partial charge in [-0.1, -0.05) is 20.8 Å². The fourth-order valence-electron chi connectivity index (χ4n) is 2.35. The molecule has 84 valence electrons. The van der Waals surface area contributed by atoms with Gasteiger partial charge in [0.25, 0.3) is 0 Å². The molecular weight excluding hydrogens is 176 g/mol. The fraction of sp³-hybridized carbons (Fsp3) is 1.00. The van der Waals surface area contributed by atoms with Gasteiger partial charge in [-0.3, -0.25) is 4.90 Å². The molecule has 1 heterocycles. The summed E-state index contributed by atoms with van der Waals surface area (Å²) >= 11 is 0. The molecule has 0 amide bonds. The molecule has 14 heavy (non-hydrogen) atoms. The Morgan fingerprint density at radius 1 is 1.50 bits per heavy atom. The van der Waals surface area contributed by atoms with E-state index in [0.29, 0.717) is 25.1 Å². The van der Waals surface area contributed by atoms with Crippen molar-refractivity contribution in [1.29, 1.82) is 0 Å². The third-order valence-corrected chi connectivity index (χ3v) is 3.24. The molecule has 1 aliphatic rings. The molecule has 3 heteroatoms. The highest BCUT2D eigenvalue weighted by Crippen LogP contribution is 2.28. The molecule has 0 bridgehead atoms. The maximum atomic E-state index is 9.08. The van der Waals surface area contributed by atoms with E-state index in [1.165, 1.54) is 0 Å². The van der Waals surface area contributed by atoms with Crippen LogP contribution in [0.1, 0.15) is 27.2 Å². The lowest BCUT2D eigenvalue weighted by Crippen LogP contribution is -2.47. The Balaban J connectivity index is 2.55. The summed E-state index contributed by atoms with van der Waals surface area (Å²) in [6.45, 7) is 9.82. The summed E-state index contributed by atoms with van der Waals surface area (Å²) in [6, 6.07) is 0.444. The summed E-state index contributed by atoms with van der Waals surface area (Å²) in [5.74, 6) is 0.464. The van der Waals surface area contributed by atoms with Gasteiger partial charge in [-0.05, 0) is 24.3 Å². The van der Waals surface area contributed by atoms with Gasteiger partial charge in [-0.25, -0.2) is 0 Å². The number of hydrogen-bond donors (Lipinski definition) is 2. The first-order chi connectivity index (χ1) is 6.49. The van der Waals surface area contributed by atoms with Crippen LogP contribution < -0.4 is 5.73 Å². The highest BCUT2D eigenvalue weighted by atomic mass is 16.3. The first-order valence-electron chi connectivity index (χ1n) is 5.54. The lowest BCUT2D eigenvalue weighted by molar-refractivity contribution is 0.120. The summed E-state index contributed by atoms with van der Waals surface area (Å²) < 4.78 is 0. The van der Waals surface area contributed by atoms with E-state index < -0.39 is 0 Å². The third-order valence-electron chi connectivity index (χ3n) is 3.24. The highest BCUT2D eigenvalue weighted by molar-refractivity contribution is 4.88. The Hall–Kier alpha value is -0.120. The van der Waals surface area contributed by atoms with Crippen LogP contribution in [0.15, 0.2) is 0 Å². The van der Waals surface area contributed by atoms with E-state index >= 15 is 0 Å². The van der Waals surface area contributed by atoms with Gasteiger partial charge in [-0.2, -0.15) is 0 Å². The van der Waals surface area contributed by atoms with Crippen LogP contribution in [0.3, 0.4) is 0 Å². The van der Waals surface area contributed by atoms with Crippen molar-refractivity contribution in [3.8, 4) is 0 Å². The monoisotopic (exact) mass is 200 g/mol. The van der Waals surface area contributed by atoms with E-state index in [0.717, 1.165) is 19.5 Å². The topological polar surface area (TPSA) is 49.5 Å². The molecule has 2 unspecified atom stereocenters. The van der Waals surface area contributed by atoms with Gasteiger partial charge in [0.05, 0.1) is 0 Å². The van der Waals surface area contributed by atoms with Gasteiger partial charge < -0.3 is 10.8 Å². The van der Waals surface area contributed by atoms with Crippen LogP contribution in [0, 0.1) is 11.3 Å². The molecule has 3 nitrogen and oxygen atoms in total. The van der Waals surface area contributed by atoms with Gasteiger partial charge in [-0.15, -0.1) is 0 Å². The number of nitrogens with zero attached hydrogens (tertiary/aromatic N) is 1. The fourth-order valence-corrected chi connectivity index (χ4v) is 2.35. The molecule has 1 rings (SSSR count). The number of aliphatic hydroxyl groups excluding tert-OH is 1. The van der Waals surface area contributed by atoms with Crippen molar-refractivity contribution in [3.63, 3.8) is 0 Å². The van der Waals surface area contributed by atoms with E-state index in [9.17, 15) is 0 Å². The van der Waals surface area contributed by atoms with Crippen molar-refractivity contribution in [1.82, 2.24) is 4.90 Å². The Labute approximate surface area is 87.3 Å². The van der Waals surface area contributed by atoms with Gasteiger partial charge in [0.1, 0.15) is 0 Å². The van der Waals surface area contributed by atoms with E-state index in [1.54, 1.807) is 0 Å². The van der Waals surface area contributed by atoms with Crippen molar-refractivity contribution < 1.29 is 5.11 Å². The van der Waals surface area contributed by atoms with Crippen molar-refractivity contribution in [2.24, 2.45) is 17.1 Å². The van der Waals surface area contributed by atoms with Crippen LogP contribution in [0.2, 0.25) is 0 Å². The number of hydrogen-bond acceptors (Lipinski definition) is 3. The predicted molar refractivity (Wildman–Crippen MR) is 59.1 cm³/mol. The Kier molecular flexibility index (Phi) is 3.93. The standard InChI is InChI=1S/C11H24N2O/c1-11(2,3)10(6-12)13-5-4-9(7-13)8-14/h9-10,14H,4-8,12H2,1-3H3. The predicted octanol–water partition coefficient (Wildman–Crippen LogP) is 0.674. The minimum atomic E-state index is 0.235. The minimum absolute atomic E-state index is 0.235. The zero-order valence-corrected chi connectivity index (χ0v) is 9.66. The molecule has 0 aliphatic carbocycles. The molecule has 1 fully saturated rings. The lowest BCUT2D eigenvalue weighted by atomic mass is 9.86. The van der Waals surface area contributed by atoms with E-state index in [1.807, 2.05) is 0 Å². The largest absolute Gasteiger partial charge is 0.396 e. The highest BCUT2D eigenvalue weighted by Gasteiger charge is 2.33. The zero-order chi connectivity index (χ0) is 10.8. The van der Waals surface area contributed by atoms with E-state index in [-0.39, 0.29) is 5.41 Å². The summed E-state index contributed by atoms with van der Waals surface area (Å²) in [5.41, 5.74) is 6.06. The average Bonchev–Trinajstić information content (AvgIpc) is 2.51. The third kappa shape index (κ3) is 2.69. The smallest absolute Gasteiger partial charge is 0.0471 e. The second kappa shape index (κ2) is 4.60. The van der Waals surface area contributed by atoms with Gasteiger partial charge in [0.15, 0.2) is 0 Å². The first kappa shape index (κ1) is 12.0. The van der Waals surface area contributed by atoms with Gasteiger partial charge in [0.2, 0.25) is 0 Å². The summed E-state index contributed by atoms with van der Waals surface area (Å²) in [7, 11) is 0. The SMILES string of the molecule is CC(C)(C)C(CN)N1CCC(CO)C1. The van der Waals surface area contributed by atoms with Crippen LogP contribution in [-0.4, -0.2) is 42.3 Å². The minimum Gasteiger partial charge on any atom is -0.396 e. The molecule has 2 atom stereocenters. The number of nitrogens with two attached hydrogens (primary N) is 1. The molecule has 0 aromatic heterocycles. The lowest BCUT2D eigenvalue weighted by Gasteiger charge is -2.37. The molecule has 0 spiro atoms. The zero-order valence-electron chi connectivity index (χ0n) is 9.66. The van der Waals surface area contributed by atoms with Crippen LogP contribution in [0.25, 0.3) is 0 Å². The van der Waals surface area contributed by atoms with Crippen LogP contribution in [0.5, 0.6) is 0 Å². The number of rotatable bonds is 3. The Bertz CT molecular complexity index is 177. The molecule has 1 aliphatic heterocycles. The van der Waals surface area contributed by atoms with Crippen molar-refractivity contribution in [3.05, 3.63) is 0 Å². The second-order valence-corrected chi connectivity index (χ2v) is 5.45. The van der Waals surface area contributed by atoms with Crippen molar-refractivity contribution in [2.45, 2.75) is 33.2 Å². The maximum Gasteiger partial charge on any atom is 0.0471 e. The van der Waals surface area contributed by atoms with Crippen molar-refractivity contribution >= 4 is 0 Å². The first-order valence-corrected chi connectivity index (χ1v) is 5.54. The van der Waals surface area contributed by atoms with E-state index in [4.69, 9.17) is 10.8 Å². The van der Waals surface area contributed by atoms with E-state index in [2.05, 4.69) is 25.7 Å². The summed E-state index contributed by atoms with van der Waals surface area (Å²) in [4.78, 5) is 2.43. The molecule has 0 aromatic carbocycles. The van der Waals surface area contributed by atoms with Crippen LogP contribution in [0.4, 0.5) is 0 Å². The number of aliphatic hydroxyl groups is 1. The Morgan fingerprint density at radius 3 is 2.50 bits per heavy atom. The second-order valence-electron chi connectivity index (χ2n) is 5.45. The maximum absolute atomic E-state index is 9.08. The van der Waals surface area contributed by atoms with Crippen LogP contribution in [-0.2, 0) is 0 Å². The molecule has 0 radical (unpaired) electrons. The van der Waals surface area contributed by atoms with Crippen molar-refractivity contribution in [2.75, 3.05) is 26.2 Å². The quantitative estimate of drug-likeness (QED) is 0.704. The molecular formula is C11H24N2O. The molecule has 0 saturated carbocycles. The normalized spacial score (nSPS) is 26.8. The molecule has 3 N–H and O–H groups in total. The molecule has 0 aromatic rings. The van der Waals surface area contributed by atoms with Gasteiger partial charge in [0, 0.05) is 25.7 Å². The summed E-state index contributed by atoms with van der Waals surface area (Å²) in [6.07, 6.45) is 1.11.